The lowest BCUT2D eigenvalue weighted by Crippen LogP contribution is -2.25. The van der Waals surface area contributed by atoms with Crippen LogP contribution in [0.25, 0.3) is 0 Å². The van der Waals surface area contributed by atoms with Crippen molar-refractivity contribution in [2.24, 2.45) is 0 Å². The van der Waals surface area contributed by atoms with Gasteiger partial charge in [0.15, 0.2) is 18.6 Å². The van der Waals surface area contributed by atoms with Crippen molar-refractivity contribution in [2.45, 2.75) is 18.8 Å². The van der Waals surface area contributed by atoms with E-state index in [0.717, 1.165) is 0 Å². The predicted molar refractivity (Wildman–Crippen MR) is 21.9 cm³/mol. The summed E-state index contributed by atoms with van der Waals surface area (Å²) in [4.78, 5) is 9.30. The van der Waals surface area contributed by atoms with Gasteiger partial charge in [0, 0.05) is 0 Å². The van der Waals surface area contributed by atoms with E-state index in [9.17, 15) is 22.4 Å². The minimum atomic E-state index is -3.43. The van der Waals surface area contributed by atoms with Gasteiger partial charge in [0.1, 0.15) is 0 Å². The van der Waals surface area contributed by atoms with Crippen molar-refractivity contribution >= 4 is 6.29 Å². The summed E-state index contributed by atoms with van der Waals surface area (Å²) in [6.07, 6.45) is -9.60. The molecular weight excluding hydrogens is 140 g/mol. The van der Waals surface area contributed by atoms with E-state index in [-0.39, 0.29) is 0 Å². The van der Waals surface area contributed by atoms with Crippen LogP contribution in [0, 0.1) is 0 Å². The fourth-order valence-corrected chi connectivity index (χ4v) is 0.214. The number of rotatable bonds is 3. The summed E-state index contributed by atoms with van der Waals surface area (Å²) < 4.78 is 45.3. The Balaban J connectivity index is 3.71. The maximum Gasteiger partial charge on any atom is 0.272 e. The minimum Gasteiger partial charge on any atom is -0.300 e. The van der Waals surface area contributed by atoms with Gasteiger partial charge in [-0.25, -0.2) is 17.6 Å². The Kier molecular flexibility index (Phi) is 3.19. The molecule has 54 valence electrons. The Hall–Kier alpha value is -0.610. The van der Waals surface area contributed by atoms with E-state index in [1.807, 2.05) is 0 Å². The van der Waals surface area contributed by atoms with Crippen molar-refractivity contribution in [3.8, 4) is 0 Å². The first kappa shape index (κ1) is 8.39. The molecule has 0 aromatic carbocycles. The summed E-state index contributed by atoms with van der Waals surface area (Å²) in [6.45, 7) is 0. The van der Waals surface area contributed by atoms with Crippen LogP contribution in [-0.2, 0) is 4.79 Å². The Morgan fingerprint density at radius 2 is 1.56 bits per heavy atom. The highest BCUT2D eigenvalue weighted by molar-refractivity contribution is 5.56. The molecule has 0 amide bonds. The highest BCUT2D eigenvalue weighted by Gasteiger charge is 2.28. The van der Waals surface area contributed by atoms with Crippen molar-refractivity contribution in [2.75, 3.05) is 0 Å². The molecule has 0 spiro atoms. The van der Waals surface area contributed by atoms with E-state index >= 15 is 0 Å². The minimum absolute atomic E-state index is 0.489. The fraction of sp³-hybridized carbons (Fsp3) is 0.750. The monoisotopic (exact) mass is 144 g/mol. The van der Waals surface area contributed by atoms with Crippen LogP contribution in [0.5, 0.6) is 0 Å². The maximum atomic E-state index is 11.6. The second kappa shape index (κ2) is 3.42. The van der Waals surface area contributed by atoms with Crippen molar-refractivity contribution in [3.63, 3.8) is 0 Å². The smallest absolute Gasteiger partial charge is 0.272 e. The molecule has 0 aliphatic rings. The summed E-state index contributed by atoms with van der Waals surface area (Å²) in [5.41, 5.74) is 0. The quantitative estimate of drug-likeness (QED) is 0.428. The Bertz CT molecular complexity index is 94.6. The SMILES string of the molecule is O=CC(F)C(F)C(F)F. The molecule has 5 heteroatoms. The molecule has 2 atom stereocenters. The average Bonchev–Trinajstić information content (AvgIpc) is 1.84. The van der Waals surface area contributed by atoms with Crippen molar-refractivity contribution in [3.05, 3.63) is 0 Å². The first-order chi connectivity index (χ1) is 4.09. The standard InChI is InChI=1S/C4H4F4O/c5-2(1-9)3(6)4(7)8/h1-4H. The molecule has 0 heterocycles. The van der Waals surface area contributed by atoms with Crippen LogP contribution in [-0.4, -0.2) is 25.1 Å². The second-order valence-electron chi connectivity index (χ2n) is 1.36. The molecule has 0 aliphatic heterocycles. The van der Waals surface area contributed by atoms with Gasteiger partial charge in [-0.2, -0.15) is 0 Å². The summed E-state index contributed by atoms with van der Waals surface area (Å²) in [6, 6.07) is 0. The van der Waals surface area contributed by atoms with E-state index in [0.29, 0.717) is 0 Å². The second-order valence-corrected chi connectivity index (χ2v) is 1.36. The van der Waals surface area contributed by atoms with E-state index in [1.165, 1.54) is 0 Å². The fourth-order valence-electron chi connectivity index (χ4n) is 0.214. The highest BCUT2D eigenvalue weighted by Crippen LogP contribution is 2.10. The number of carbonyl (C=O) groups excluding carboxylic acids is 1. The number of hydrogen-bond acceptors (Lipinski definition) is 1. The molecule has 0 aromatic rings. The molecular formula is C4H4F4O. The van der Waals surface area contributed by atoms with Crippen LogP contribution >= 0.6 is 0 Å². The van der Waals surface area contributed by atoms with Crippen LogP contribution in [0.3, 0.4) is 0 Å². The topological polar surface area (TPSA) is 17.1 Å². The van der Waals surface area contributed by atoms with Gasteiger partial charge in [0.2, 0.25) is 0 Å². The number of alkyl halides is 4. The number of halogens is 4. The zero-order valence-electron chi connectivity index (χ0n) is 4.23. The molecule has 0 aliphatic carbocycles. The molecule has 0 saturated carbocycles. The lowest BCUT2D eigenvalue weighted by molar-refractivity contribution is -0.116. The van der Waals surface area contributed by atoms with Crippen LogP contribution in [0.1, 0.15) is 0 Å². The van der Waals surface area contributed by atoms with Crippen LogP contribution in [0.4, 0.5) is 17.6 Å². The van der Waals surface area contributed by atoms with Crippen LogP contribution < -0.4 is 0 Å². The molecule has 0 N–H and O–H groups in total. The normalized spacial score (nSPS) is 17.4. The van der Waals surface area contributed by atoms with E-state index in [1.54, 1.807) is 0 Å². The Morgan fingerprint density at radius 1 is 1.11 bits per heavy atom. The van der Waals surface area contributed by atoms with Crippen LogP contribution in [0.15, 0.2) is 0 Å². The zero-order valence-corrected chi connectivity index (χ0v) is 4.23. The molecule has 0 bridgehead atoms. The lowest BCUT2D eigenvalue weighted by Gasteiger charge is -2.04. The molecule has 0 rings (SSSR count). The Morgan fingerprint density at radius 3 is 1.67 bits per heavy atom. The summed E-state index contributed by atoms with van der Waals surface area (Å²) in [7, 11) is 0. The van der Waals surface area contributed by atoms with Gasteiger partial charge in [-0.15, -0.1) is 0 Å². The van der Waals surface area contributed by atoms with Gasteiger partial charge in [0.25, 0.3) is 6.43 Å². The summed E-state index contributed by atoms with van der Waals surface area (Å²) in [5.74, 6) is 0. The van der Waals surface area contributed by atoms with Gasteiger partial charge >= 0.3 is 0 Å². The van der Waals surface area contributed by atoms with E-state index in [2.05, 4.69) is 0 Å². The molecule has 0 aromatic heterocycles. The predicted octanol–water partition coefficient (Wildman–Crippen LogP) is 1.13. The third-order valence-electron chi connectivity index (χ3n) is 0.675. The third-order valence-corrected chi connectivity index (χ3v) is 0.675. The first-order valence-electron chi connectivity index (χ1n) is 2.11. The van der Waals surface area contributed by atoms with E-state index in [4.69, 9.17) is 0 Å². The third kappa shape index (κ3) is 2.43. The number of aldehydes is 1. The summed E-state index contributed by atoms with van der Waals surface area (Å²) in [5, 5.41) is 0. The van der Waals surface area contributed by atoms with Crippen molar-refractivity contribution in [1.82, 2.24) is 0 Å². The number of hydrogen-bond donors (Lipinski definition) is 0. The average molecular weight is 144 g/mol. The molecule has 0 fully saturated rings. The zero-order chi connectivity index (χ0) is 7.44. The van der Waals surface area contributed by atoms with Gasteiger partial charge in [-0.3, -0.25) is 4.79 Å². The molecule has 0 saturated heterocycles. The Labute approximate surface area is 48.7 Å². The first-order valence-corrected chi connectivity index (χ1v) is 2.11. The molecule has 0 radical (unpaired) electrons. The van der Waals surface area contributed by atoms with E-state index < -0.39 is 25.1 Å². The number of carbonyl (C=O) groups is 1. The molecule has 2 unspecified atom stereocenters. The molecule has 9 heavy (non-hydrogen) atoms. The van der Waals surface area contributed by atoms with Crippen LogP contribution in [0.2, 0.25) is 0 Å². The van der Waals surface area contributed by atoms with Crippen molar-refractivity contribution < 1.29 is 22.4 Å². The summed E-state index contributed by atoms with van der Waals surface area (Å²) >= 11 is 0. The lowest BCUT2D eigenvalue weighted by atomic mass is 10.3. The molecule has 1 nitrogen and oxygen atoms in total. The van der Waals surface area contributed by atoms with Gasteiger partial charge in [0.05, 0.1) is 0 Å². The van der Waals surface area contributed by atoms with Gasteiger partial charge < -0.3 is 0 Å². The highest BCUT2D eigenvalue weighted by atomic mass is 19.3. The largest absolute Gasteiger partial charge is 0.300 e. The van der Waals surface area contributed by atoms with Crippen molar-refractivity contribution in [1.29, 1.82) is 0 Å². The van der Waals surface area contributed by atoms with Gasteiger partial charge in [-0.05, 0) is 0 Å². The maximum absolute atomic E-state index is 11.6. The van der Waals surface area contributed by atoms with Gasteiger partial charge in [-0.1, -0.05) is 0 Å².